The van der Waals surface area contributed by atoms with Crippen molar-refractivity contribution in [3.05, 3.63) is 35.4 Å². The van der Waals surface area contributed by atoms with Crippen molar-refractivity contribution in [2.45, 2.75) is 0 Å². The first-order chi connectivity index (χ1) is 10.2. The molecule has 0 spiro atoms. The number of ether oxygens (including phenoxy) is 1. The minimum atomic E-state index is -0.348. The molecule has 2 heterocycles. The number of hydrogen-bond acceptors (Lipinski definition) is 5. The highest BCUT2D eigenvalue weighted by atomic mass is 16.5. The third kappa shape index (κ3) is 2.40. The topological polar surface area (TPSA) is 98.9 Å². The van der Waals surface area contributed by atoms with Crippen LogP contribution >= 0.6 is 0 Å². The molecule has 3 rings (SSSR count). The molecule has 1 amide bonds. The molecule has 21 heavy (non-hydrogen) atoms. The number of guanidine groups is 1. The maximum atomic E-state index is 11.9. The predicted molar refractivity (Wildman–Crippen MR) is 80.3 cm³/mol. The summed E-state index contributed by atoms with van der Waals surface area (Å²) in [7, 11) is 1.60. The number of methoxy groups -OCH3 is 1. The van der Waals surface area contributed by atoms with E-state index < -0.39 is 0 Å². The van der Waals surface area contributed by atoms with Crippen molar-refractivity contribution in [1.29, 1.82) is 5.41 Å². The molecule has 2 aliphatic rings. The summed E-state index contributed by atoms with van der Waals surface area (Å²) in [6.07, 6.45) is 1.59. The molecule has 0 saturated carbocycles. The standard InChI is InChI=1S/C14H13N5O2/c1-21-10-5-3-2-4-9(10)16-6-8-7-17-12-11(8)13(20)19-14(15)18-12/h2-5,7,16H,6H2,1H3,(H2,15,19,20). The van der Waals surface area contributed by atoms with Crippen molar-refractivity contribution in [2.24, 2.45) is 9.98 Å². The molecule has 3 N–H and O–H groups in total. The van der Waals surface area contributed by atoms with Crippen LogP contribution in [-0.4, -0.2) is 37.6 Å². The Morgan fingerprint density at radius 1 is 1.38 bits per heavy atom. The van der Waals surface area contributed by atoms with Crippen LogP contribution in [-0.2, 0) is 4.79 Å². The second-order valence-electron chi connectivity index (χ2n) is 4.45. The van der Waals surface area contributed by atoms with E-state index in [4.69, 9.17) is 10.1 Å². The lowest BCUT2D eigenvalue weighted by Crippen LogP contribution is -2.37. The monoisotopic (exact) mass is 283 g/mol. The third-order valence-corrected chi connectivity index (χ3v) is 3.14. The number of benzene rings is 1. The van der Waals surface area contributed by atoms with Crippen LogP contribution in [0, 0.1) is 5.41 Å². The number of carbonyl (C=O) groups excluding carboxylic acids is 1. The smallest absolute Gasteiger partial charge is 0.262 e. The number of rotatable bonds is 4. The fourth-order valence-electron chi connectivity index (χ4n) is 2.16. The van der Waals surface area contributed by atoms with E-state index in [2.05, 4.69) is 20.6 Å². The zero-order valence-electron chi connectivity index (χ0n) is 11.3. The van der Waals surface area contributed by atoms with E-state index in [9.17, 15) is 4.79 Å². The Labute approximate surface area is 121 Å². The van der Waals surface area contributed by atoms with Crippen LogP contribution in [0.3, 0.4) is 0 Å². The molecule has 0 saturated heterocycles. The van der Waals surface area contributed by atoms with Gasteiger partial charge in [0.25, 0.3) is 5.91 Å². The van der Waals surface area contributed by atoms with Gasteiger partial charge < -0.3 is 10.1 Å². The molecule has 0 unspecified atom stereocenters. The molecule has 106 valence electrons. The number of fused-ring (bicyclic) bond motifs is 1. The van der Waals surface area contributed by atoms with Crippen LogP contribution in [0.25, 0.3) is 0 Å². The minimum absolute atomic E-state index is 0.185. The number of para-hydroxylation sites is 2. The Bertz CT molecular complexity index is 718. The molecule has 7 nitrogen and oxygen atoms in total. The Balaban J connectivity index is 1.83. The number of nitrogens with zero attached hydrogens (tertiary/aromatic N) is 2. The first-order valence-electron chi connectivity index (χ1n) is 6.32. The van der Waals surface area contributed by atoms with Gasteiger partial charge in [0.15, 0.2) is 5.84 Å². The van der Waals surface area contributed by atoms with E-state index >= 15 is 0 Å². The highest BCUT2D eigenvalue weighted by molar-refractivity contribution is 6.35. The van der Waals surface area contributed by atoms with E-state index in [1.54, 1.807) is 13.3 Å². The van der Waals surface area contributed by atoms with Crippen molar-refractivity contribution in [2.75, 3.05) is 19.0 Å². The van der Waals surface area contributed by atoms with Gasteiger partial charge in [-0.2, -0.15) is 4.99 Å². The zero-order chi connectivity index (χ0) is 14.8. The highest BCUT2D eigenvalue weighted by Crippen LogP contribution is 2.24. The molecular formula is C14H13N5O2. The lowest BCUT2D eigenvalue weighted by Gasteiger charge is -2.14. The van der Waals surface area contributed by atoms with Gasteiger partial charge in [0.2, 0.25) is 5.96 Å². The Kier molecular flexibility index (Phi) is 3.23. The number of amidine groups is 1. The number of anilines is 1. The summed E-state index contributed by atoms with van der Waals surface area (Å²) in [4.78, 5) is 19.9. The summed E-state index contributed by atoms with van der Waals surface area (Å²) in [5, 5.41) is 13.0. The molecule has 0 radical (unpaired) electrons. The van der Waals surface area contributed by atoms with Gasteiger partial charge in [0.05, 0.1) is 18.4 Å². The SMILES string of the molecule is COc1ccccc1NCC1=C2C(=O)NC(=N)N=C2N=C1. The lowest BCUT2D eigenvalue weighted by molar-refractivity contribution is -0.115. The highest BCUT2D eigenvalue weighted by Gasteiger charge is 2.29. The van der Waals surface area contributed by atoms with Crippen molar-refractivity contribution in [3.63, 3.8) is 0 Å². The van der Waals surface area contributed by atoms with E-state index in [0.717, 1.165) is 17.0 Å². The summed E-state index contributed by atoms with van der Waals surface area (Å²) >= 11 is 0. The Morgan fingerprint density at radius 3 is 3.00 bits per heavy atom. The molecule has 2 aliphatic heterocycles. The summed E-state index contributed by atoms with van der Waals surface area (Å²) in [6, 6.07) is 7.52. The number of hydrogen-bond donors (Lipinski definition) is 3. The van der Waals surface area contributed by atoms with Crippen LogP contribution in [0.2, 0.25) is 0 Å². The minimum Gasteiger partial charge on any atom is -0.495 e. The third-order valence-electron chi connectivity index (χ3n) is 3.14. The fourth-order valence-corrected chi connectivity index (χ4v) is 2.16. The second-order valence-corrected chi connectivity index (χ2v) is 4.45. The van der Waals surface area contributed by atoms with Crippen molar-refractivity contribution < 1.29 is 9.53 Å². The van der Waals surface area contributed by atoms with Crippen molar-refractivity contribution >= 4 is 29.6 Å². The van der Waals surface area contributed by atoms with E-state index in [1.807, 2.05) is 24.3 Å². The maximum absolute atomic E-state index is 11.9. The van der Waals surface area contributed by atoms with Gasteiger partial charge in [-0.05, 0) is 12.1 Å². The van der Waals surface area contributed by atoms with Gasteiger partial charge in [-0.25, -0.2) is 4.99 Å². The first-order valence-corrected chi connectivity index (χ1v) is 6.32. The molecule has 7 heteroatoms. The van der Waals surface area contributed by atoms with Crippen LogP contribution in [0.5, 0.6) is 5.75 Å². The van der Waals surface area contributed by atoms with Gasteiger partial charge in [-0.15, -0.1) is 0 Å². The van der Waals surface area contributed by atoms with E-state index in [1.165, 1.54) is 0 Å². The number of amides is 1. The average Bonchev–Trinajstić information content (AvgIpc) is 2.88. The van der Waals surface area contributed by atoms with Gasteiger partial charge in [-0.3, -0.25) is 15.5 Å². The van der Waals surface area contributed by atoms with Crippen molar-refractivity contribution in [3.8, 4) is 5.75 Å². The van der Waals surface area contributed by atoms with Crippen LogP contribution in [0.4, 0.5) is 5.69 Å². The summed E-state index contributed by atoms with van der Waals surface area (Å²) < 4.78 is 5.26. The van der Waals surface area contributed by atoms with E-state index in [0.29, 0.717) is 18.0 Å². The van der Waals surface area contributed by atoms with Crippen molar-refractivity contribution in [1.82, 2.24) is 5.32 Å². The quantitative estimate of drug-likeness (QED) is 0.767. The Hall–Kier alpha value is -2.96. The first kappa shape index (κ1) is 13.0. The summed E-state index contributed by atoms with van der Waals surface area (Å²) in [6.45, 7) is 0.416. The van der Waals surface area contributed by atoms with Gasteiger partial charge >= 0.3 is 0 Å². The lowest BCUT2D eigenvalue weighted by atomic mass is 10.1. The zero-order valence-corrected chi connectivity index (χ0v) is 11.3. The van der Waals surface area contributed by atoms with Gasteiger partial charge in [-0.1, -0.05) is 12.1 Å². The molecular weight excluding hydrogens is 270 g/mol. The second kappa shape index (κ2) is 5.20. The number of aliphatic imine (C=N–C) groups is 2. The van der Waals surface area contributed by atoms with Crippen LogP contribution in [0.1, 0.15) is 0 Å². The van der Waals surface area contributed by atoms with Gasteiger partial charge in [0.1, 0.15) is 5.75 Å². The van der Waals surface area contributed by atoms with Crippen LogP contribution in [0.15, 0.2) is 45.4 Å². The largest absolute Gasteiger partial charge is 0.495 e. The molecule has 1 aromatic carbocycles. The maximum Gasteiger partial charge on any atom is 0.262 e. The van der Waals surface area contributed by atoms with E-state index in [-0.39, 0.29) is 11.9 Å². The van der Waals surface area contributed by atoms with Gasteiger partial charge in [0, 0.05) is 18.3 Å². The molecule has 0 bridgehead atoms. The number of carbonyl (C=O) groups is 1. The number of nitrogens with one attached hydrogen (secondary N) is 3. The molecule has 1 aromatic rings. The Morgan fingerprint density at radius 2 is 2.19 bits per heavy atom. The molecule has 0 atom stereocenters. The fraction of sp³-hybridized carbons (Fsp3) is 0.143. The molecule has 0 aliphatic carbocycles. The molecule has 0 fully saturated rings. The normalized spacial score (nSPS) is 16.5. The molecule has 0 aromatic heterocycles. The summed E-state index contributed by atoms with van der Waals surface area (Å²) in [5.74, 6) is 0.483. The average molecular weight is 283 g/mol. The predicted octanol–water partition coefficient (Wildman–Crippen LogP) is 0.951. The van der Waals surface area contributed by atoms with Crippen LogP contribution < -0.4 is 15.4 Å². The summed E-state index contributed by atoms with van der Waals surface area (Å²) in [5.41, 5.74) is 1.97.